The number of nitrogens with zero attached hydrogens (tertiary/aromatic N) is 3. The highest BCUT2D eigenvalue weighted by molar-refractivity contribution is 5.91. The molecule has 0 unspecified atom stereocenters. The van der Waals surface area contributed by atoms with Gasteiger partial charge < -0.3 is 16.2 Å². The summed E-state index contributed by atoms with van der Waals surface area (Å²) in [7, 11) is 0. The molecule has 3 rings (SSSR count). The minimum atomic E-state index is 0.372. The van der Waals surface area contributed by atoms with Crippen molar-refractivity contribution >= 4 is 17.2 Å². The fourth-order valence-corrected chi connectivity index (χ4v) is 2.17. The summed E-state index contributed by atoms with van der Waals surface area (Å²) in [6.07, 6.45) is 3.35. The van der Waals surface area contributed by atoms with Gasteiger partial charge in [0, 0.05) is 12.4 Å². The fraction of sp³-hybridized carbons (Fsp3) is 0.143. The van der Waals surface area contributed by atoms with Gasteiger partial charge in [0.1, 0.15) is 5.75 Å². The molecule has 0 amide bonds. The molecule has 6 heteroatoms. The van der Waals surface area contributed by atoms with Gasteiger partial charge in [0.05, 0.1) is 17.9 Å². The molecule has 0 radical (unpaired) electrons. The van der Waals surface area contributed by atoms with E-state index in [-0.39, 0.29) is 0 Å². The number of anilines is 2. The van der Waals surface area contributed by atoms with Gasteiger partial charge in [0.2, 0.25) is 0 Å². The first-order valence-corrected chi connectivity index (χ1v) is 6.32. The van der Waals surface area contributed by atoms with Gasteiger partial charge in [0.15, 0.2) is 11.5 Å². The second-order valence-corrected chi connectivity index (χ2v) is 4.33. The molecule has 0 saturated heterocycles. The second kappa shape index (κ2) is 4.73. The highest BCUT2D eigenvalue weighted by Gasteiger charge is 2.13. The van der Waals surface area contributed by atoms with Crippen molar-refractivity contribution in [3.05, 3.63) is 36.7 Å². The first kappa shape index (κ1) is 12.3. The Morgan fingerprint density at radius 1 is 1.20 bits per heavy atom. The quantitative estimate of drug-likeness (QED) is 0.758. The fourth-order valence-electron chi connectivity index (χ4n) is 2.17. The third-order valence-corrected chi connectivity index (χ3v) is 3.06. The van der Waals surface area contributed by atoms with Crippen LogP contribution in [0.25, 0.3) is 16.8 Å². The summed E-state index contributed by atoms with van der Waals surface area (Å²) in [6, 6.07) is 7.59. The SMILES string of the molecule is CCOc1ccc(-c2c(N)nn3ccnc3c2N)cc1. The van der Waals surface area contributed by atoms with Gasteiger partial charge in [0.25, 0.3) is 0 Å². The smallest absolute Gasteiger partial charge is 0.177 e. The minimum Gasteiger partial charge on any atom is -0.494 e. The lowest BCUT2D eigenvalue weighted by molar-refractivity contribution is 0.340. The normalized spacial score (nSPS) is 10.8. The van der Waals surface area contributed by atoms with Crippen LogP contribution in [0.1, 0.15) is 6.92 Å². The van der Waals surface area contributed by atoms with Crippen molar-refractivity contribution in [3.8, 4) is 16.9 Å². The summed E-state index contributed by atoms with van der Waals surface area (Å²) >= 11 is 0. The van der Waals surface area contributed by atoms with E-state index in [0.717, 1.165) is 11.3 Å². The monoisotopic (exact) mass is 269 g/mol. The van der Waals surface area contributed by atoms with Crippen LogP contribution in [-0.4, -0.2) is 21.2 Å². The lowest BCUT2D eigenvalue weighted by Crippen LogP contribution is -2.05. The Labute approximate surface area is 116 Å². The second-order valence-electron chi connectivity index (χ2n) is 4.33. The van der Waals surface area contributed by atoms with E-state index < -0.39 is 0 Å². The van der Waals surface area contributed by atoms with E-state index in [0.29, 0.717) is 29.3 Å². The maximum absolute atomic E-state index is 6.16. The molecule has 0 bridgehead atoms. The van der Waals surface area contributed by atoms with Gasteiger partial charge in [-0.05, 0) is 24.6 Å². The zero-order valence-electron chi connectivity index (χ0n) is 11.1. The van der Waals surface area contributed by atoms with Crippen molar-refractivity contribution < 1.29 is 4.74 Å². The molecular formula is C14H15N5O. The molecule has 0 atom stereocenters. The Balaban J connectivity index is 2.13. The Morgan fingerprint density at radius 3 is 2.65 bits per heavy atom. The molecule has 0 aliphatic rings. The van der Waals surface area contributed by atoms with Crippen LogP contribution in [0, 0.1) is 0 Å². The molecule has 2 heterocycles. The van der Waals surface area contributed by atoms with Crippen LogP contribution in [0.4, 0.5) is 11.5 Å². The van der Waals surface area contributed by atoms with E-state index in [4.69, 9.17) is 16.2 Å². The Hall–Kier alpha value is -2.76. The van der Waals surface area contributed by atoms with E-state index in [1.807, 2.05) is 31.2 Å². The number of rotatable bonds is 3. The Morgan fingerprint density at radius 2 is 1.95 bits per heavy atom. The van der Waals surface area contributed by atoms with Crippen molar-refractivity contribution in [2.24, 2.45) is 0 Å². The molecule has 0 aliphatic heterocycles. The van der Waals surface area contributed by atoms with Crippen LogP contribution in [0.3, 0.4) is 0 Å². The van der Waals surface area contributed by atoms with E-state index in [1.54, 1.807) is 16.9 Å². The molecule has 2 aromatic heterocycles. The van der Waals surface area contributed by atoms with Gasteiger partial charge in [-0.2, -0.15) is 0 Å². The number of nitrogens with two attached hydrogens (primary N) is 2. The first-order valence-electron chi connectivity index (χ1n) is 6.32. The van der Waals surface area contributed by atoms with E-state index in [1.165, 1.54) is 0 Å². The molecule has 3 aromatic rings. The number of hydrogen-bond donors (Lipinski definition) is 2. The van der Waals surface area contributed by atoms with Gasteiger partial charge in [-0.3, -0.25) is 0 Å². The predicted octanol–water partition coefficient (Wildman–Crippen LogP) is 1.96. The summed E-state index contributed by atoms with van der Waals surface area (Å²) in [5.41, 5.74) is 14.9. The summed E-state index contributed by atoms with van der Waals surface area (Å²) in [4.78, 5) is 4.19. The molecule has 102 valence electrons. The molecular weight excluding hydrogens is 254 g/mol. The summed E-state index contributed by atoms with van der Waals surface area (Å²) in [5.74, 6) is 1.18. The number of nitrogen functional groups attached to an aromatic ring is 2. The standard InChI is InChI=1S/C14H15N5O/c1-2-20-10-5-3-9(4-6-10)11-12(15)14-17-7-8-19(14)18-13(11)16/h3-8H,2,15H2,1H3,(H2,16,18). The molecule has 1 aromatic carbocycles. The minimum absolute atomic E-state index is 0.372. The molecule has 6 nitrogen and oxygen atoms in total. The maximum Gasteiger partial charge on any atom is 0.177 e. The summed E-state index contributed by atoms with van der Waals surface area (Å²) in [5, 5.41) is 4.25. The Bertz CT molecular complexity index is 748. The van der Waals surface area contributed by atoms with Gasteiger partial charge in [-0.15, -0.1) is 5.10 Å². The highest BCUT2D eigenvalue weighted by Crippen LogP contribution is 2.33. The van der Waals surface area contributed by atoms with Crippen LogP contribution in [0.5, 0.6) is 5.75 Å². The van der Waals surface area contributed by atoms with Crippen molar-refractivity contribution in [1.82, 2.24) is 14.6 Å². The maximum atomic E-state index is 6.16. The lowest BCUT2D eigenvalue weighted by atomic mass is 10.1. The molecule has 0 saturated carbocycles. The lowest BCUT2D eigenvalue weighted by Gasteiger charge is -2.11. The summed E-state index contributed by atoms with van der Waals surface area (Å²) in [6.45, 7) is 2.57. The highest BCUT2D eigenvalue weighted by atomic mass is 16.5. The zero-order chi connectivity index (χ0) is 14.1. The van der Waals surface area contributed by atoms with E-state index >= 15 is 0 Å². The first-order chi connectivity index (χ1) is 9.70. The number of benzene rings is 1. The van der Waals surface area contributed by atoms with Crippen LogP contribution in [-0.2, 0) is 0 Å². The average Bonchev–Trinajstić information content (AvgIpc) is 2.89. The van der Waals surface area contributed by atoms with Crippen molar-refractivity contribution in [2.45, 2.75) is 6.92 Å². The van der Waals surface area contributed by atoms with Crippen LogP contribution in [0.15, 0.2) is 36.7 Å². The predicted molar refractivity (Wildman–Crippen MR) is 78.4 cm³/mol. The molecule has 20 heavy (non-hydrogen) atoms. The topological polar surface area (TPSA) is 91.5 Å². The number of aromatic nitrogens is 3. The van der Waals surface area contributed by atoms with E-state index in [2.05, 4.69) is 10.1 Å². The number of fused-ring (bicyclic) bond motifs is 1. The number of imidazole rings is 1. The van der Waals surface area contributed by atoms with Crippen molar-refractivity contribution in [2.75, 3.05) is 18.1 Å². The van der Waals surface area contributed by atoms with Gasteiger partial charge >= 0.3 is 0 Å². The largest absolute Gasteiger partial charge is 0.494 e. The third-order valence-electron chi connectivity index (χ3n) is 3.06. The van der Waals surface area contributed by atoms with Crippen molar-refractivity contribution in [3.63, 3.8) is 0 Å². The molecule has 0 fully saturated rings. The van der Waals surface area contributed by atoms with E-state index in [9.17, 15) is 0 Å². The van der Waals surface area contributed by atoms with Gasteiger partial charge in [-0.25, -0.2) is 9.50 Å². The number of hydrogen-bond acceptors (Lipinski definition) is 5. The Kier molecular flexibility index (Phi) is 2.90. The summed E-state index contributed by atoms with van der Waals surface area (Å²) < 4.78 is 6.99. The van der Waals surface area contributed by atoms with Crippen LogP contribution >= 0.6 is 0 Å². The molecule has 0 spiro atoms. The van der Waals surface area contributed by atoms with Gasteiger partial charge in [-0.1, -0.05) is 12.1 Å². The molecule has 0 aliphatic carbocycles. The van der Waals surface area contributed by atoms with Crippen LogP contribution < -0.4 is 16.2 Å². The van der Waals surface area contributed by atoms with Crippen LogP contribution in [0.2, 0.25) is 0 Å². The number of ether oxygens (including phenoxy) is 1. The molecule has 4 N–H and O–H groups in total. The zero-order valence-corrected chi connectivity index (χ0v) is 11.1. The average molecular weight is 269 g/mol. The third kappa shape index (κ3) is 1.91. The van der Waals surface area contributed by atoms with Crippen molar-refractivity contribution in [1.29, 1.82) is 0 Å².